The van der Waals surface area contributed by atoms with Crippen molar-refractivity contribution in [2.75, 3.05) is 34.8 Å². The third-order valence-corrected chi connectivity index (χ3v) is 5.77. The first-order valence-electron chi connectivity index (χ1n) is 9.32. The molecular weight excluding hydrogens is 406 g/mol. The van der Waals surface area contributed by atoms with Gasteiger partial charge in [0.25, 0.3) is 0 Å². The van der Waals surface area contributed by atoms with Crippen molar-refractivity contribution in [2.24, 2.45) is 5.92 Å². The summed E-state index contributed by atoms with van der Waals surface area (Å²) in [5.41, 5.74) is 2.73. The Labute approximate surface area is 167 Å². The maximum absolute atomic E-state index is 12.8. The number of carbonyl (C=O) groups is 2. The van der Waals surface area contributed by atoms with Gasteiger partial charge >= 0.3 is 0 Å². The Morgan fingerprint density at radius 1 is 1.04 bits per heavy atom. The molecule has 5 nitrogen and oxygen atoms in total. The first-order valence-corrected chi connectivity index (χ1v) is 10.1. The molecule has 4 rings (SSSR count). The average Bonchev–Trinajstić information content (AvgIpc) is 3.33. The van der Waals surface area contributed by atoms with Crippen LogP contribution in [0.2, 0.25) is 0 Å². The minimum absolute atomic E-state index is 0.00898. The SMILES string of the molecule is O=C(Nc1ccccc1N1CCCC1)C1CC(=O)N(c2ccc(Br)cc2)C1. The van der Waals surface area contributed by atoms with Gasteiger partial charge in [-0.2, -0.15) is 0 Å². The number of rotatable bonds is 4. The van der Waals surface area contributed by atoms with Gasteiger partial charge in [0.05, 0.1) is 17.3 Å². The highest BCUT2D eigenvalue weighted by Crippen LogP contribution is 2.31. The predicted molar refractivity (Wildman–Crippen MR) is 111 cm³/mol. The van der Waals surface area contributed by atoms with Crippen molar-refractivity contribution in [3.05, 3.63) is 53.0 Å². The topological polar surface area (TPSA) is 52.7 Å². The van der Waals surface area contributed by atoms with Crippen LogP contribution in [-0.2, 0) is 9.59 Å². The number of para-hydroxylation sites is 2. The van der Waals surface area contributed by atoms with E-state index in [-0.39, 0.29) is 24.2 Å². The van der Waals surface area contributed by atoms with E-state index in [1.807, 2.05) is 42.5 Å². The van der Waals surface area contributed by atoms with Crippen LogP contribution < -0.4 is 15.1 Å². The Morgan fingerprint density at radius 2 is 1.74 bits per heavy atom. The van der Waals surface area contributed by atoms with Crippen LogP contribution in [0.25, 0.3) is 0 Å². The van der Waals surface area contributed by atoms with Gasteiger partial charge in [-0.05, 0) is 49.2 Å². The molecule has 2 amide bonds. The summed E-state index contributed by atoms with van der Waals surface area (Å²) in [6.07, 6.45) is 2.61. The van der Waals surface area contributed by atoms with Gasteiger partial charge in [0, 0.05) is 36.2 Å². The fourth-order valence-corrected chi connectivity index (χ4v) is 4.07. The minimum atomic E-state index is -0.340. The van der Waals surface area contributed by atoms with Gasteiger partial charge in [-0.3, -0.25) is 9.59 Å². The number of nitrogens with one attached hydrogen (secondary N) is 1. The zero-order chi connectivity index (χ0) is 18.8. The van der Waals surface area contributed by atoms with Crippen LogP contribution in [0.4, 0.5) is 17.1 Å². The molecule has 2 aliphatic heterocycles. The van der Waals surface area contributed by atoms with Crippen molar-refractivity contribution in [1.29, 1.82) is 0 Å². The number of amides is 2. The average molecular weight is 428 g/mol. The first-order chi connectivity index (χ1) is 13.1. The minimum Gasteiger partial charge on any atom is -0.370 e. The molecule has 1 N–H and O–H groups in total. The second-order valence-corrected chi connectivity index (χ2v) is 8.00. The van der Waals surface area contributed by atoms with Crippen molar-refractivity contribution in [3.8, 4) is 0 Å². The molecule has 140 valence electrons. The number of hydrogen-bond donors (Lipinski definition) is 1. The molecule has 2 aromatic rings. The summed E-state index contributed by atoms with van der Waals surface area (Å²) in [4.78, 5) is 29.3. The van der Waals surface area contributed by atoms with Crippen LogP contribution in [0.5, 0.6) is 0 Å². The smallest absolute Gasteiger partial charge is 0.229 e. The molecule has 2 saturated heterocycles. The van der Waals surface area contributed by atoms with E-state index in [9.17, 15) is 9.59 Å². The molecule has 0 radical (unpaired) electrons. The highest BCUT2D eigenvalue weighted by atomic mass is 79.9. The molecule has 6 heteroatoms. The summed E-state index contributed by atoms with van der Waals surface area (Å²) in [5, 5.41) is 3.06. The summed E-state index contributed by atoms with van der Waals surface area (Å²) in [6, 6.07) is 15.5. The van der Waals surface area contributed by atoms with Gasteiger partial charge in [0.1, 0.15) is 0 Å². The monoisotopic (exact) mass is 427 g/mol. The molecule has 1 atom stereocenters. The van der Waals surface area contributed by atoms with Gasteiger partial charge in [0.15, 0.2) is 0 Å². The van der Waals surface area contributed by atoms with Gasteiger partial charge in [-0.25, -0.2) is 0 Å². The van der Waals surface area contributed by atoms with Crippen LogP contribution in [0.1, 0.15) is 19.3 Å². The molecule has 2 aliphatic rings. The molecule has 2 heterocycles. The third kappa shape index (κ3) is 3.86. The summed E-state index contributed by atoms with van der Waals surface area (Å²) in [5.74, 6) is -0.437. The molecule has 0 spiro atoms. The molecule has 0 bridgehead atoms. The number of anilines is 3. The molecule has 27 heavy (non-hydrogen) atoms. The van der Waals surface area contributed by atoms with E-state index in [0.717, 1.165) is 34.6 Å². The fourth-order valence-electron chi connectivity index (χ4n) is 3.80. The Bertz CT molecular complexity index is 847. The summed E-state index contributed by atoms with van der Waals surface area (Å²) in [7, 11) is 0. The van der Waals surface area contributed by atoms with Crippen molar-refractivity contribution in [3.63, 3.8) is 0 Å². The van der Waals surface area contributed by atoms with Crippen molar-refractivity contribution in [1.82, 2.24) is 0 Å². The van der Waals surface area contributed by atoms with E-state index in [4.69, 9.17) is 0 Å². The standard InChI is InChI=1S/C21H22BrN3O2/c22-16-7-9-17(10-8-16)25-14-15(13-20(25)26)21(27)23-18-5-1-2-6-19(18)24-11-3-4-12-24/h1-2,5-10,15H,3-4,11-14H2,(H,23,27). The molecule has 0 saturated carbocycles. The summed E-state index contributed by atoms with van der Waals surface area (Å²) in [6.45, 7) is 2.45. The Balaban J connectivity index is 1.46. The van der Waals surface area contributed by atoms with E-state index in [2.05, 4.69) is 32.2 Å². The lowest BCUT2D eigenvalue weighted by Crippen LogP contribution is -2.28. The first kappa shape index (κ1) is 18.0. The highest BCUT2D eigenvalue weighted by molar-refractivity contribution is 9.10. The fraction of sp³-hybridized carbons (Fsp3) is 0.333. The Hall–Kier alpha value is -2.34. The van der Waals surface area contributed by atoms with Crippen molar-refractivity contribution in [2.45, 2.75) is 19.3 Å². The van der Waals surface area contributed by atoms with Crippen molar-refractivity contribution < 1.29 is 9.59 Å². The number of benzene rings is 2. The predicted octanol–water partition coefficient (Wildman–Crippen LogP) is 4.04. The van der Waals surface area contributed by atoms with E-state index in [1.165, 1.54) is 12.8 Å². The quantitative estimate of drug-likeness (QED) is 0.800. The van der Waals surface area contributed by atoms with Gasteiger partial charge in [-0.15, -0.1) is 0 Å². The normalized spacial score (nSPS) is 19.6. The zero-order valence-electron chi connectivity index (χ0n) is 15.0. The molecule has 1 unspecified atom stereocenters. The second-order valence-electron chi connectivity index (χ2n) is 7.08. The lowest BCUT2D eigenvalue weighted by molar-refractivity contribution is -0.122. The lowest BCUT2D eigenvalue weighted by atomic mass is 10.1. The van der Waals surface area contributed by atoms with Crippen LogP contribution in [0.15, 0.2) is 53.0 Å². The largest absolute Gasteiger partial charge is 0.370 e. The molecule has 0 aliphatic carbocycles. The summed E-state index contributed by atoms with van der Waals surface area (Å²) < 4.78 is 0.964. The summed E-state index contributed by atoms with van der Waals surface area (Å²) >= 11 is 3.40. The lowest BCUT2D eigenvalue weighted by Gasteiger charge is -2.22. The molecular formula is C21H22BrN3O2. The number of nitrogens with zero attached hydrogens (tertiary/aromatic N) is 2. The van der Waals surface area contributed by atoms with E-state index < -0.39 is 0 Å². The van der Waals surface area contributed by atoms with E-state index >= 15 is 0 Å². The third-order valence-electron chi connectivity index (χ3n) is 5.24. The van der Waals surface area contributed by atoms with Crippen LogP contribution in [0.3, 0.4) is 0 Å². The second kappa shape index (κ2) is 7.72. The van der Waals surface area contributed by atoms with Crippen LogP contribution >= 0.6 is 15.9 Å². The number of hydrogen-bond acceptors (Lipinski definition) is 3. The van der Waals surface area contributed by atoms with Crippen LogP contribution in [-0.4, -0.2) is 31.4 Å². The Kier molecular flexibility index (Phi) is 5.16. The highest BCUT2D eigenvalue weighted by Gasteiger charge is 2.35. The number of halogens is 1. The maximum atomic E-state index is 12.8. The van der Waals surface area contributed by atoms with Gasteiger partial charge < -0.3 is 15.1 Å². The number of carbonyl (C=O) groups excluding carboxylic acids is 2. The van der Waals surface area contributed by atoms with Gasteiger partial charge in [0.2, 0.25) is 11.8 Å². The molecule has 0 aromatic heterocycles. The Morgan fingerprint density at radius 3 is 2.48 bits per heavy atom. The molecule has 2 aromatic carbocycles. The molecule has 2 fully saturated rings. The maximum Gasteiger partial charge on any atom is 0.229 e. The van der Waals surface area contributed by atoms with E-state index in [1.54, 1.807) is 4.90 Å². The zero-order valence-corrected chi connectivity index (χ0v) is 16.6. The van der Waals surface area contributed by atoms with E-state index in [0.29, 0.717) is 6.54 Å². The van der Waals surface area contributed by atoms with Gasteiger partial charge in [-0.1, -0.05) is 28.1 Å². The van der Waals surface area contributed by atoms with Crippen molar-refractivity contribution >= 4 is 44.8 Å². The van der Waals surface area contributed by atoms with Crippen LogP contribution in [0, 0.1) is 5.92 Å².